The van der Waals surface area contributed by atoms with E-state index in [4.69, 9.17) is 9.47 Å². The number of carbonyl (C=O) groups excluding carboxylic acids is 3. The van der Waals surface area contributed by atoms with Gasteiger partial charge in [0.05, 0.1) is 11.6 Å². The number of hydrogen-bond acceptors (Lipinski definition) is 6. The first-order valence-electron chi connectivity index (χ1n) is 15.4. The number of hydrogen-bond donors (Lipinski definition) is 1. The Morgan fingerprint density at radius 1 is 0.955 bits per heavy atom. The minimum atomic E-state index is -0.496. The Hall–Kier alpha value is -3.39. The molecule has 0 saturated carbocycles. The van der Waals surface area contributed by atoms with Gasteiger partial charge in [0.2, 0.25) is 0 Å². The van der Waals surface area contributed by atoms with Gasteiger partial charge in [0.15, 0.2) is 29.7 Å². The molecular formula is C36H43BrN2O5. The Balaban J connectivity index is 1.56. The molecular weight excluding hydrogens is 620 g/mol. The number of allylic oxidation sites excluding steroid dienone is 4. The van der Waals surface area contributed by atoms with E-state index in [9.17, 15) is 14.4 Å². The molecule has 0 spiro atoms. The number of benzene rings is 2. The largest absolute Gasteiger partial charge is 0.493 e. The number of Topliss-reactive ketones (excluding diaryl/α,β-unsaturated/α-hetero) is 2. The standard InChI is InChI=1S/C36H43BrN2O5/c1-8-13-39-25-16-35(3,4)18-27(40)32(25)31(33-26(39)17-36(5,6)19-28(33)41)22-14-24(37)34(29(15-22)43-7)44-20-30(42)38-23-11-9-21(2)10-12-23/h9-12,14-15,31H,8,13,16-20H2,1-7H3,(H,38,42). The number of amides is 1. The number of ketones is 2. The molecule has 1 N–H and O–H groups in total. The van der Waals surface area contributed by atoms with Crippen molar-refractivity contribution in [1.82, 2.24) is 4.90 Å². The first-order chi connectivity index (χ1) is 20.7. The Morgan fingerprint density at radius 3 is 2.05 bits per heavy atom. The molecule has 0 radical (unpaired) electrons. The van der Waals surface area contributed by atoms with Crippen molar-refractivity contribution in [2.24, 2.45) is 10.8 Å². The second kappa shape index (κ2) is 12.2. The zero-order valence-electron chi connectivity index (χ0n) is 26.9. The highest BCUT2D eigenvalue weighted by Gasteiger charge is 2.49. The fourth-order valence-corrected chi connectivity index (χ4v) is 7.47. The summed E-state index contributed by atoms with van der Waals surface area (Å²) < 4.78 is 12.3. The van der Waals surface area contributed by atoms with E-state index in [1.807, 2.05) is 43.3 Å². The summed E-state index contributed by atoms with van der Waals surface area (Å²) in [5.41, 5.74) is 5.79. The quantitative estimate of drug-likeness (QED) is 0.310. The van der Waals surface area contributed by atoms with Crippen LogP contribution in [0.2, 0.25) is 0 Å². The van der Waals surface area contributed by atoms with Crippen LogP contribution in [0.15, 0.2) is 63.4 Å². The Kier molecular flexibility index (Phi) is 8.87. The van der Waals surface area contributed by atoms with Gasteiger partial charge in [-0.1, -0.05) is 52.3 Å². The highest BCUT2D eigenvalue weighted by Crippen LogP contribution is 2.55. The highest BCUT2D eigenvalue weighted by atomic mass is 79.9. The predicted octanol–water partition coefficient (Wildman–Crippen LogP) is 7.88. The van der Waals surface area contributed by atoms with E-state index < -0.39 is 5.92 Å². The molecule has 2 aromatic carbocycles. The molecule has 0 saturated heterocycles. The van der Waals surface area contributed by atoms with Gasteiger partial charge >= 0.3 is 0 Å². The van der Waals surface area contributed by atoms with E-state index in [0.717, 1.165) is 59.5 Å². The lowest BCUT2D eigenvalue weighted by molar-refractivity contribution is -0.120. The summed E-state index contributed by atoms with van der Waals surface area (Å²) in [5.74, 6) is 0.193. The lowest BCUT2D eigenvalue weighted by Gasteiger charge is -2.49. The van der Waals surface area contributed by atoms with E-state index in [2.05, 4.69) is 60.8 Å². The molecule has 5 rings (SSSR count). The average Bonchev–Trinajstić information content (AvgIpc) is 2.92. The van der Waals surface area contributed by atoms with Crippen LogP contribution in [-0.2, 0) is 14.4 Å². The number of carbonyl (C=O) groups is 3. The lowest BCUT2D eigenvalue weighted by Crippen LogP contribution is -2.44. The smallest absolute Gasteiger partial charge is 0.262 e. The molecule has 7 nitrogen and oxygen atoms in total. The molecule has 2 aromatic rings. The molecule has 2 aliphatic carbocycles. The third-order valence-corrected chi connectivity index (χ3v) is 9.33. The normalized spacial score (nSPS) is 19.5. The van der Waals surface area contributed by atoms with Gasteiger partial charge in [0, 0.05) is 53.5 Å². The van der Waals surface area contributed by atoms with Gasteiger partial charge in [-0.25, -0.2) is 0 Å². The van der Waals surface area contributed by atoms with Crippen LogP contribution >= 0.6 is 15.9 Å². The van der Waals surface area contributed by atoms with Crippen LogP contribution in [0.4, 0.5) is 5.69 Å². The summed E-state index contributed by atoms with van der Waals surface area (Å²) in [6.07, 6.45) is 3.31. The molecule has 0 unspecified atom stereocenters. The van der Waals surface area contributed by atoms with Gasteiger partial charge < -0.3 is 19.7 Å². The molecule has 234 valence electrons. The van der Waals surface area contributed by atoms with Crippen molar-refractivity contribution in [1.29, 1.82) is 0 Å². The second-order valence-corrected chi connectivity index (χ2v) is 14.8. The number of aryl methyl sites for hydroxylation is 1. The van der Waals surface area contributed by atoms with Crippen molar-refractivity contribution in [2.45, 2.75) is 79.6 Å². The predicted molar refractivity (Wildman–Crippen MR) is 176 cm³/mol. The minimum absolute atomic E-state index is 0.0923. The zero-order valence-corrected chi connectivity index (χ0v) is 28.4. The molecule has 3 aliphatic rings. The van der Waals surface area contributed by atoms with E-state index in [-0.39, 0.29) is 34.9 Å². The number of methoxy groups -OCH3 is 1. The topological polar surface area (TPSA) is 84.9 Å². The van der Waals surface area contributed by atoms with Crippen molar-refractivity contribution in [3.8, 4) is 11.5 Å². The first-order valence-corrected chi connectivity index (χ1v) is 16.2. The van der Waals surface area contributed by atoms with Gasteiger partial charge in [0.25, 0.3) is 5.91 Å². The fraction of sp³-hybridized carbons (Fsp3) is 0.472. The molecule has 1 aliphatic heterocycles. The zero-order chi connectivity index (χ0) is 32.0. The molecule has 0 atom stereocenters. The van der Waals surface area contributed by atoms with Gasteiger partial charge in [-0.2, -0.15) is 0 Å². The number of ether oxygens (including phenoxy) is 2. The number of anilines is 1. The van der Waals surface area contributed by atoms with E-state index >= 15 is 0 Å². The van der Waals surface area contributed by atoms with Gasteiger partial charge in [0.1, 0.15) is 0 Å². The van der Waals surface area contributed by atoms with Crippen molar-refractivity contribution in [3.05, 3.63) is 74.5 Å². The van der Waals surface area contributed by atoms with Crippen LogP contribution in [0.3, 0.4) is 0 Å². The monoisotopic (exact) mass is 662 g/mol. The van der Waals surface area contributed by atoms with Crippen LogP contribution in [0, 0.1) is 17.8 Å². The minimum Gasteiger partial charge on any atom is -0.493 e. The van der Waals surface area contributed by atoms with E-state index in [1.54, 1.807) is 7.11 Å². The Labute approximate surface area is 269 Å². The first kappa shape index (κ1) is 32.0. The summed E-state index contributed by atoms with van der Waals surface area (Å²) in [6, 6.07) is 11.3. The maximum absolute atomic E-state index is 14.0. The summed E-state index contributed by atoms with van der Waals surface area (Å²) in [6.45, 7) is 13.3. The molecule has 44 heavy (non-hydrogen) atoms. The van der Waals surface area contributed by atoms with Gasteiger partial charge in [-0.05, 0) is 82.8 Å². The van der Waals surface area contributed by atoms with Crippen LogP contribution in [0.5, 0.6) is 11.5 Å². The fourth-order valence-electron chi connectivity index (χ4n) is 6.89. The van der Waals surface area contributed by atoms with Crippen molar-refractivity contribution in [2.75, 3.05) is 25.6 Å². The van der Waals surface area contributed by atoms with Crippen molar-refractivity contribution >= 4 is 39.1 Å². The molecule has 0 bridgehead atoms. The molecule has 0 aromatic heterocycles. The Morgan fingerprint density at radius 2 is 1.52 bits per heavy atom. The summed E-state index contributed by atoms with van der Waals surface area (Å²) in [7, 11) is 1.55. The van der Waals surface area contributed by atoms with Crippen LogP contribution in [0.1, 0.15) is 83.8 Å². The van der Waals surface area contributed by atoms with Crippen LogP contribution in [-0.4, -0.2) is 42.6 Å². The van der Waals surface area contributed by atoms with Gasteiger partial charge in [-0.3, -0.25) is 14.4 Å². The third kappa shape index (κ3) is 6.37. The molecule has 1 amide bonds. The van der Waals surface area contributed by atoms with E-state index in [0.29, 0.717) is 34.5 Å². The van der Waals surface area contributed by atoms with Crippen LogP contribution < -0.4 is 14.8 Å². The maximum Gasteiger partial charge on any atom is 0.262 e. The lowest BCUT2D eigenvalue weighted by atomic mass is 9.63. The number of nitrogens with one attached hydrogen (secondary N) is 1. The second-order valence-electron chi connectivity index (χ2n) is 13.9. The number of rotatable bonds is 8. The molecule has 0 fully saturated rings. The number of halogens is 1. The van der Waals surface area contributed by atoms with E-state index in [1.165, 1.54) is 0 Å². The number of nitrogens with zero attached hydrogens (tertiary/aromatic N) is 1. The van der Waals surface area contributed by atoms with Gasteiger partial charge in [-0.15, -0.1) is 0 Å². The van der Waals surface area contributed by atoms with Crippen LogP contribution in [0.25, 0.3) is 0 Å². The van der Waals surface area contributed by atoms with Crippen molar-refractivity contribution < 1.29 is 23.9 Å². The van der Waals surface area contributed by atoms with Crippen molar-refractivity contribution in [3.63, 3.8) is 0 Å². The maximum atomic E-state index is 14.0. The Bertz CT molecular complexity index is 1510. The highest BCUT2D eigenvalue weighted by molar-refractivity contribution is 9.10. The third-order valence-electron chi connectivity index (χ3n) is 8.74. The SMILES string of the molecule is CCCN1C2=C(C(=O)CC(C)(C)C2)C(c2cc(Br)c(OCC(=O)Nc3ccc(C)cc3)c(OC)c2)C2=C1CC(C)(C)CC2=O. The summed E-state index contributed by atoms with van der Waals surface area (Å²) in [5, 5.41) is 2.85. The molecule has 1 heterocycles. The average molecular weight is 664 g/mol. The molecule has 8 heteroatoms. The summed E-state index contributed by atoms with van der Waals surface area (Å²) >= 11 is 3.66. The summed E-state index contributed by atoms with van der Waals surface area (Å²) in [4.78, 5) is 43.0.